The molecule has 2 N–H and O–H groups in total. The molecule has 54 valence electrons. The minimum absolute atomic E-state index is 0.136. The maximum atomic E-state index is 8.89. The summed E-state index contributed by atoms with van der Waals surface area (Å²) in [6, 6.07) is 0. The predicted octanol–water partition coefficient (Wildman–Crippen LogP) is -0.594. The minimum atomic E-state index is -1.18. The van der Waals surface area contributed by atoms with E-state index in [2.05, 4.69) is 9.78 Å². The first-order chi connectivity index (χ1) is 4.20. The van der Waals surface area contributed by atoms with Gasteiger partial charge in [-0.15, -0.1) is 0 Å². The molecule has 0 aliphatic carbocycles. The van der Waals surface area contributed by atoms with Crippen molar-refractivity contribution < 1.29 is 20.0 Å². The second-order valence-electron chi connectivity index (χ2n) is 2.20. The first-order valence-corrected chi connectivity index (χ1v) is 2.88. The summed E-state index contributed by atoms with van der Waals surface area (Å²) in [5.41, 5.74) is 0. The van der Waals surface area contributed by atoms with Crippen LogP contribution in [0.25, 0.3) is 0 Å². The fourth-order valence-electron chi connectivity index (χ4n) is 0.712. The molecule has 1 heterocycles. The Morgan fingerprint density at radius 1 is 1.33 bits per heavy atom. The molecule has 3 unspecified atom stereocenters. The maximum absolute atomic E-state index is 8.89. The third kappa shape index (κ3) is 1.62. The Bertz CT molecular complexity index is 95.0. The predicted molar refractivity (Wildman–Crippen MR) is 28.3 cm³/mol. The Morgan fingerprint density at radius 3 is 2.44 bits per heavy atom. The van der Waals surface area contributed by atoms with Crippen molar-refractivity contribution in [3.8, 4) is 0 Å². The second-order valence-corrected chi connectivity index (χ2v) is 2.20. The molecule has 3 atom stereocenters. The van der Waals surface area contributed by atoms with Gasteiger partial charge in [-0.05, 0) is 6.92 Å². The van der Waals surface area contributed by atoms with Crippen molar-refractivity contribution in [3.05, 3.63) is 0 Å². The molecule has 0 saturated carbocycles. The summed E-state index contributed by atoms with van der Waals surface area (Å²) in [7, 11) is 0. The van der Waals surface area contributed by atoms with Crippen LogP contribution in [0.3, 0.4) is 0 Å². The van der Waals surface area contributed by atoms with Crippen molar-refractivity contribution in [1.82, 2.24) is 0 Å². The van der Waals surface area contributed by atoms with Crippen LogP contribution in [-0.2, 0) is 9.78 Å². The van der Waals surface area contributed by atoms with E-state index >= 15 is 0 Å². The zero-order valence-electron chi connectivity index (χ0n) is 5.15. The molecule has 4 nitrogen and oxygen atoms in total. The number of rotatable bonds is 0. The second kappa shape index (κ2) is 2.62. The first kappa shape index (κ1) is 6.95. The normalized spacial score (nSPS) is 45.0. The van der Waals surface area contributed by atoms with Crippen LogP contribution in [-0.4, -0.2) is 28.7 Å². The van der Waals surface area contributed by atoms with Crippen molar-refractivity contribution >= 4 is 0 Å². The standard InChI is InChI=1S/C5H10O4/c1-3-2-4(6)5(7)9-8-3/h3-7H,2H2,1H3. The van der Waals surface area contributed by atoms with Crippen LogP contribution in [0.1, 0.15) is 13.3 Å². The molecule has 0 bridgehead atoms. The van der Waals surface area contributed by atoms with Gasteiger partial charge in [0.25, 0.3) is 0 Å². The molecule has 0 aromatic carbocycles. The smallest absolute Gasteiger partial charge is 0.215 e. The van der Waals surface area contributed by atoms with Gasteiger partial charge in [-0.2, -0.15) is 0 Å². The highest BCUT2D eigenvalue weighted by Crippen LogP contribution is 2.14. The quantitative estimate of drug-likeness (QED) is 0.434. The van der Waals surface area contributed by atoms with Gasteiger partial charge in [0.15, 0.2) is 0 Å². The number of aliphatic hydroxyl groups is 2. The summed E-state index contributed by atoms with van der Waals surface area (Å²) in [5.74, 6) is 0. The van der Waals surface area contributed by atoms with E-state index in [0.29, 0.717) is 6.42 Å². The van der Waals surface area contributed by atoms with E-state index in [4.69, 9.17) is 10.2 Å². The minimum Gasteiger partial charge on any atom is -0.388 e. The Kier molecular flexibility index (Phi) is 2.02. The largest absolute Gasteiger partial charge is 0.388 e. The summed E-state index contributed by atoms with van der Waals surface area (Å²) in [5, 5.41) is 17.6. The van der Waals surface area contributed by atoms with Gasteiger partial charge in [0.1, 0.15) is 6.10 Å². The number of aliphatic hydroxyl groups excluding tert-OH is 2. The fraction of sp³-hybridized carbons (Fsp3) is 1.00. The summed E-state index contributed by atoms with van der Waals surface area (Å²) in [6.07, 6.45) is -1.71. The van der Waals surface area contributed by atoms with Gasteiger partial charge in [-0.25, -0.2) is 9.78 Å². The van der Waals surface area contributed by atoms with E-state index in [1.54, 1.807) is 6.92 Å². The lowest BCUT2D eigenvalue weighted by atomic mass is 10.1. The lowest BCUT2D eigenvalue weighted by molar-refractivity contribution is -0.430. The molecule has 0 radical (unpaired) electrons. The molecule has 0 aromatic heterocycles. The number of hydrogen-bond donors (Lipinski definition) is 2. The molecule has 1 aliphatic heterocycles. The molecule has 1 rings (SSSR count). The average Bonchev–Trinajstić information content (AvgIpc) is 1.80. The van der Waals surface area contributed by atoms with E-state index in [1.165, 1.54) is 0 Å². The Balaban J connectivity index is 2.35. The van der Waals surface area contributed by atoms with Crippen molar-refractivity contribution in [2.75, 3.05) is 0 Å². The van der Waals surface area contributed by atoms with Gasteiger partial charge in [0, 0.05) is 6.42 Å². The van der Waals surface area contributed by atoms with Crippen LogP contribution >= 0.6 is 0 Å². The topological polar surface area (TPSA) is 58.9 Å². The summed E-state index contributed by atoms with van der Waals surface area (Å²) < 4.78 is 0. The van der Waals surface area contributed by atoms with Gasteiger partial charge in [-0.3, -0.25) is 0 Å². The molecule has 1 fully saturated rings. The van der Waals surface area contributed by atoms with E-state index in [1.807, 2.05) is 0 Å². The molecule has 1 aliphatic rings. The fourth-order valence-corrected chi connectivity index (χ4v) is 0.712. The van der Waals surface area contributed by atoms with Crippen LogP contribution in [0.4, 0.5) is 0 Å². The highest BCUT2D eigenvalue weighted by Gasteiger charge is 2.26. The summed E-state index contributed by atoms with van der Waals surface area (Å²) >= 11 is 0. The monoisotopic (exact) mass is 134 g/mol. The van der Waals surface area contributed by atoms with E-state index in [0.717, 1.165) is 0 Å². The Morgan fingerprint density at radius 2 is 2.00 bits per heavy atom. The van der Waals surface area contributed by atoms with Crippen molar-refractivity contribution in [2.24, 2.45) is 0 Å². The number of hydrogen-bond acceptors (Lipinski definition) is 4. The van der Waals surface area contributed by atoms with Gasteiger partial charge < -0.3 is 10.2 Å². The van der Waals surface area contributed by atoms with Crippen LogP contribution in [0, 0.1) is 0 Å². The zero-order chi connectivity index (χ0) is 6.85. The average molecular weight is 134 g/mol. The van der Waals surface area contributed by atoms with Gasteiger partial charge in [-0.1, -0.05) is 0 Å². The maximum Gasteiger partial charge on any atom is 0.215 e. The van der Waals surface area contributed by atoms with Crippen molar-refractivity contribution in [1.29, 1.82) is 0 Å². The van der Waals surface area contributed by atoms with Crippen LogP contribution < -0.4 is 0 Å². The van der Waals surface area contributed by atoms with Crippen LogP contribution in [0.15, 0.2) is 0 Å². The summed E-state index contributed by atoms with van der Waals surface area (Å²) in [6.45, 7) is 1.76. The van der Waals surface area contributed by atoms with Gasteiger partial charge in [0.05, 0.1) is 6.10 Å². The molecule has 4 heteroatoms. The van der Waals surface area contributed by atoms with Crippen molar-refractivity contribution in [2.45, 2.75) is 31.8 Å². The SMILES string of the molecule is CC1CC(O)C(O)OO1. The molecular weight excluding hydrogens is 124 g/mol. The molecule has 1 saturated heterocycles. The highest BCUT2D eigenvalue weighted by atomic mass is 17.2. The van der Waals surface area contributed by atoms with Crippen LogP contribution in [0.2, 0.25) is 0 Å². The molecule has 0 amide bonds. The lowest BCUT2D eigenvalue weighted by Crippen LogP contribution is -2.38. The van der Waals surface area contributed by atoms with Crippen molar-refractivity contribution in [3.63, 3.8) is 0 Å². The van der Waals surface area contributed by atoms with Crippen LogP contribution in [0.5, 0.6) is 0 Å². The van der Waals surface area contributed by atoms with E-state index in [-0.39, 0.29) is 6.10 Å². The molecule has 0 aromatic rings. The third-order valence-electron chi connectivity index (χ3n) is 1.22. The zero-order valence-corrected chi connectivity index (χ0v) is 5.15. The van der Waals surface area contributed by atoms with E-state index in [9.17, 15) is 0 Å². The van der Waals surface area contributed by atoms with Gasteiger partial charge in [0.2, 0.25) is 6.29 Å². The molecule has 0 spiro atoms. The first-order valence-electron chi connectivity index (χ1n) is 2.88. The van der Waals surface area contributed by atoms with Gasteiger partial charge >= 0.3 is 0 Å². The molecule has 9 heavy (non-hydrogen) atoms. The lowest BCUT2D eigenvalue weighted by Gasteiger charge is -2.26. The Hall–Kier alpha value is -0.160. The third-order valence-corrected chi connectivity index (χ3v) is 1.22. The summed E-state index contributed by atoms with van der Waals surface area (Å²) in [4.78, 5) is 8.86. The Labute approximate surface area is 52.9 Å². The highest BCUT2D eigenvalue weighted by molar-refractivity contribution is 4.64. The van der Waals surface area contributed by atoms with E-state index < -0.39 is 12.4 Å². The molecular formula is C5H10O4.